The summed E-state index contributed by atoms with van der Waals surface area (Å²) in [5.74, 6) is 0. The molecule has 17 heavy (non-hydrogen) atoms. The molecule has 1 heterocycles. The number of benzene rings is 1. The van der Waals surface area contributed by atoms with Crippen molar-refractivity contribution in [2.75, 3.05) is 6.54 Å². The summed E-state index contributed by atoms with van der Waals surface area (Å²) in [7, 11) is 0. The molecule has 0 amide bonds. The summed E-state index contributed by atoms with van der Waals surface area (Å²) in [6.45, 7) is 5.40. The van der Waals surface area contributed by atoms with E-state index in [1.807, 2.05) is 11.3 Å². The van der Waals surface area contributed by atoms with Crippen LogP contribution in [0.4, 0.5) is 0 Å². The smallest absolute Gasteiger partial charge is 0.0414 e. The van der Waals surface area contributed by atoms with E-state index in [0.29, 0.717) is 6.04 Å². The Kier molecular flexibility index (Phi) is 4.35. The Morgan fingerprint density at radius 1 is 1.29 bits per heavy atom. The molecule has 1 nitrogen and oxygen atoms in total. The molecular formula is C15H19NS. The van der Waals surface area contributed by atoms with Crippen molar-refractivity contribution in [3.05, 3.63) is 41.3 Å². The third-order valence-corrected chi connectivity index (χ3v) is 3.65. The van der Waals surface area contributed by atoms with Gasteiger partial charge in [0.1, 0.15) is 0 Å². The van der Waals surface area contributed by atoms with Crippen molar-refractivity contribution in [1.82, 2.24) is 5.32 Å². The number of hydrogen-bond acceptors (Lipinski definition) is 2. The molecule has 2 heteroatoms. The van der Waals surface area contributed by atoms with Crippen molar-refractivity contribution >= 4 is 27.5 Å². The fourth-order valence-electron chi connectivity index (χ4n) is 1.81. The summed E-state index contributed by atoms with van der Waals surface area (Å²) in [4.78, 5) is 0. The van der Waals surface area contributed by atoms with E-state index in [1.165, 1.54) is 15.6 Å². The summed E-state index contributed by atoms with van der Waals surface area (Å²) >= 11 is 1.82. The molecule has 0 saturated heterocycles. The maximum absolute atomic E-state index is 3.42. The van der Waals surface area contributed by atoms with Gasteiger partial charge in [-0.25, -0.2) is 0 Å². The number of thiophene rings is 1. The molecule has 1 aromatic carbocycles. The van der Waals surface area contributed by atoms with Crippen LogP contribution < -0.4 is 5.32 Å². The second-order valence-corrected chi connectivity index (χ2v) is 5.40. The van der Waals surface area contributed by atoms with Crippen molar-refractivity contribution in [3.63, 3.8) is 0 Å². The molecule has 0 fully saturated rings. The highest BCUT2D eigenvalue weighted by Crippen LogP contribution is 2.25. The third-order valence-electron chi connectivity index (χ3n) is 2.67. The second kappa shape index (κ2) is 5.99. The van der Waals surface area contributed by atoms with Gasteiger partial charge in [0.25, 0.3) is 0 Å². The van der Waals surface area contributed by atoms with E-state index in [4.69, 9.17) is 0 Å². The standard InChI is InChI=1S/C15H19NS/c1-12(2)16-10-4-3-6-13-7-5-8-14-9-11-17-15(13)14/h3,5-9,11-12,16H,4,10H2,1-2H3/b6-3+. The average molecular weight is 245 g/mol. The molecule has 90 valence electrons. The van der Waals surface area contributed by atoms with E-state index in [9.17, 15) is 0 Å². The van der Waals surface area contributed by atoms with Crippen LogP contribution >= 0.6 is 11.3 Å². The lowest BCUT2D eigenvalue weighted by Crippen LogP contribution is -2.23. The highest BCUT2D eigenvalue weighted by molar-refractivity contribution is 7.17. The SMILES string of the molecule is CC(C)NCC/C=C/c1cccc2ccsc12. The van der Waals surface area contributed by atoms with Gasteiger partial charge in [-0.05, 0) is 35.4 Å². The van der Waals surface area contributed by atoms with Crippen molar-refractivity contribution in [2.45, 2.75) is 26.3 Å². The first-order valence-corrected chi connectivity index (χ1v) is 7.01. The lowest BCUT2D eigenvalue weighted by molar-refractivity contribution is 0.595. The average Bonchev–Trinajstić information content (AvgIpc) is 2.77. The van der Waals surface area contributed by atoms with E-state index in [-0.39, 0.29) is 0 Å². The summed E-state index contributed by atoms with van der Waals surface area (Å²) in [5.41, 5.74) is 1.34. The molecule has 0 aliphatic rings. The quantitative estimate of drug-likeness (QED) is 0.774. The molecule has 2 aromatic rings. The first-order chi connectivity index (χ1) is 8.27. The number of fused-ring (bicyclic) bond motifs is 1. The van der Waals surface area contributed by atoms with Crippen molar-refractivity contribution in [2.24, 2.45) is 0 Å². The third kappa shape index (κ3) is 3.42. The van der Waals surface area contributed by atoms with Gasteiger partial charge in [-0.2, -0.15) is 0 Å². The van der Waals surface area contributed by atoms with Gasteiger partial charge in [-0.3, -0.25) is 0 Å². The highest BCUT2D eigenvalue weighted by Gasteiger charge is 1.97. The predicted molar refractivity (Wildman–Crippen MR) is 78.6 cm³/mol. The topological polar surface area (TPSA) is 12.0 Å². The molecule has 0 aliphatic carbocycles. The second-order valence-electron chi connectivity index (χ2n) is 4.49. The molecular weight excluding hydrogens is 226 g/mol. The van der Waals surface area contributed by atoms with Crippen LogP contribution in [0, 0.1) is 0 Å². The van der Waals surface area contributed by atoms with Crippen LogP contribution in [0.1, 0.15) is 25.8 Å². The van der Waals surface area contributed by atoms with Crippen LogP contribution in [0.15, 0.2) is 35.7 Å². The van der Waals surface area contributed by atoms with E-state index >= 15 is 0 Å². The maximum atomic E-state index is 3.42. The largest absolute Gasteiger partial charge is 0.314 e. The van der Waals surface area contributed by atoms with Crippen molar-refractivity contribution < 1.29 is 0 Å². The fourth-order valence-corrected chi connectivity index (χ4v) is 2.71. The van der Waals surface area contributed by atoms with E-state index in [1.54, 1.807) is 0 Å². The van der Waals surface area contributed by atoms with E-state index in [0.717, 1.165) is 13.0 Å². The van der Waals surface area contributed by atoms with Gasteiger partial charge in [0.2, 0.25) is 0 Å². The first kappa shape index (κ1) is 12.3. The van der Waals surface area contributed by atoms with Crippen LogP contribution in [-0.2, 0) is 0 Å². The minimum absolute atomic E-state index is 0.573. The molecule has 0 saturated carbocycles. The molecule has 1 N–H and O–H groups in total. The van der Waals surface area contributed by atoms with Crippen LogP contribution in [0.5, 0.6) is 0 Å². The Morgan fingerprint density at radius 3 is 3.00 bits per heavy atom. The summed E-state index contributed by atoms with van der Waals surface area (Å²) in [6, 6.07) is 9.23. The zero-order valence-electron chi connectivity index (χ0n) is 10.4. The monoisotopic (exact) mass is 245 g/mol. The number of hydrogen-bond donors (Lipinski definition) is 1. The minimum Gasteiger partial charge on any atom is -0.314 e. The Balaban J connectivity index is 1.98. The van der Waals surface area contributed by atoms with Crippen LogP contribution in [0.2, 0.25) is 0 Å². The van der Waals surface area contributed by atoms with E-state index < -0.39 is 0 Å². The summed E-state index contributed by atoms with van der Waals surface area (Å²) in [5, 5.41) is 6.92. The van der Waals surface area contributed by atoms with Gasteiger partial charge in [0.05, 0.1) is 0 Å². The van der Waals surface area contributed by atoms with Gasteiger partial charge < -0.3 is 5.32 Å². The Morgan fingerprint density at radius 2 is 2.18 bits per heavy atom. The highest BCUT2D eigenvalue weighted by atomic mass is 32.1. The van der Waals surface area contributed by atoms with Gasteiger partial charge in [-0.1, -0.05) is 44.2 Å². The van der Waals surface area contributed by atoms with Crippen LogP contribution in [-0.4, -0.2) is 12.6 Å². The van der Waals surface area contributed by atoms with Crippen molar-refractivity contribution in [3.8, 4) is 0 Å². The summed E-state index contributed by atoms with van der Waals surface area (Å²) < 4.78 is 1.39. The van der Waals surface area contributed by atoms with Crippen LogP contribution in [0.25, 0.3) is 16.2 Å². The molecule has 1 aromatic heterocycles. The fraction of sp³-hybridized carbons (Fsp3) is 0.333. The Bertz CT molecular complexity index is 496. The molecule has 0 atom stereocenters. The first-order valence-electron chi connectivity index (χ1n) is 6.13. The minimum atomic E-state index is 0.573. The predicted octanol–water partition coefficient (Wildman–Crippen LogP) is 4.30. The molecule has 0 unspecified atom stereocenters. The Hall–Kier alpha value is -1.12. The molecule has 0 spiro atoms. The lowest BCUT2D eigenvalue weighted by Gasteiger charge is -2.04. The zero-order valence-corrected chi connectivity index (χ0v) is 11.3. The maximum Gasteiger partial charge on any atom is 0.0414 e. The van der Waals surface area contributed by atoms with E-state index in [2.05, 4.69) is 61.0 Å². The normalized spacial score (nSPS) is 11.9. The van der Waals surface area contributed by atoms with Gasteiger partial charge in [0.15, 0.2) is 0 Å². The van der Waals surface area contributed by atoms with Gasteiger partial charge in [0, 0.05) is 10.7 Å². The zero-order chi connectivity index (χ0) is 12.1. The van der Waals surface area contributed by atoms with Gasteiger partial charge in [-0.15, -0.1) is 11.3 Å². The Labute approximate surface area is 107 Å². The molecule has 2 rings (SSSR count). The number of nitrogens with one attached hydrogen (secondary N) is 1. The van der Waals surface area contributed by atoms with Crippen molar-refractivity contribution in [1.29, 1.82) is 0 Å². The number of rotatable bonds is 5. The van der Waals surface area contributed by atoms with Crippen LogP contribution in [0.3, 0.4) is 0 Å². The molecule has 0 aliphatic heterocycles. The lowest BCUT2D eigenvalue weighted by atomic mass is 10.1. The van der Waals surface area contributed by atoms with Gasteiger partial charge >= 0.3 is 0 Å². The molecule has 0 bridgehead atoms. The molecule has 0 radical (unpaired) electrons. The summed E-state index contributed by atoms with van der Waals surface area (Å²) in [6.07, 6.45) is 5.57.